The number of pyridine rings is 1. The summed E-state index contributed by atoms with van der Waals surface area (Å²) in [5, 5.41) is 1.14. The van der Waals surface area contributed by atoms with Crippen molar-refractivity contribution in [2.24, 2.45) is 0 Å². The molecule has 0 aliphatic carbocycles. The van der Waals surface area contributed by atoms with Crippen LogP contribution in [0.15, 0.2) is 48.8 Å². The van der Waals surface area contributed by atoms with Crippen LogP contribution in [0.2, 0.25) is 0 Å². The number of fused-ring (bicyclic) bond motifs is 1. The second-order valence-electron chi connectivity index (χ2n) is 4.99. The average molecular weight is 344 g/mol. The lowest BCUT2D eigenvalue weighted by molar-refractivity contribution is -0.575. The van der Waals surface area contributed by atoms with Gasteiger partial charge in [0.1, 0.15) is 11.7 Å². The zero-order valence-corrected chi connectivity index (χ0v) is 14.5. The summed E-state index contributed by atoms with van der Waals surface area (Å²) in [6, 6.07) is 12.0. The van der Waals surface area contributed by atoms with Crippen LogP contribution in [0, 0.1) is 0 Å². The first kappa shape index (κ1) is 16.1. The van der Waals surface area contributed by atoms with E-state index in [0.717, 1.165) is 16.5 Å². The Hall–Kier alpha value is -1.79. The zero-order valence-electron chi connectivity index (χ0n) is 12.8. The van der Waals surface area contributed by atoms with Crippen molar-refractivity contribution in [3.05, 3.63) is 54.4 Å². The van der Waals surface area contributed by atoms with Gasteiger partial charge in [0.25, 0.3) is 5.88 Å². The van der Waals surface area contributed by atoms with Crippen molar-refractivity contribution in [3.63, 3.8) is 0 Å². The average Bonchev–Trinajstić information content (AvgIpc) is 2.60. The van der Waals surface area contributed by atoms with Gasteiger partial charge in [-0.3, -0.25) is 0 Å². The van der Waals surface area contributed by atoms with Crippen LogP contribution >= 0.6 is 25.3 Å². The normalized spacial score (nSPS) is 12.3. The predicted molar refractivity (Wildman–Crippen MR) is 97.8 cm³/mol. The Bertz CT molecular complexity index is 821. The fraction of sp³-hybridized carbons (Fsp3) is 0.235. The quantitative estimate of drug-likeness (QED) is 0.551. The molecule has 2 heterocycles. The van der Waals surface area contributed by atoms with Crippen molar-refractivity contribution in [1.82, 2.24) is 9.97 Å². The van der Waals surface area contributed by atoms with Crippen molar-refractivity contribution >= 4 is 36.2 Å². The molecule has 1 unspecified atom stereocenters. The summed E-state index contributed by atoms with van der Waals surface area (Å²) in [6.45, 7) is 2.50. The molecule has 0 saturated heterocycles. The second-order valence-corrected chi connectivity index (χ2v) is 5.98. The first-order chi connectivity index (χ1) is 11.2. The Labute approximate surface area is 146 Å². The number of aromatic nitrogens is 3. The Balaban J connectivity index is 2.23. The largest absolute Gasteiger partial charge is 0.466 e. The highest BCUT2D eigenvalue weighted by molar-refractivity contribution is 7.84. The van der Waals surface area contributed by atoms with E-state index in [4.69, 9.17) is 4.74 Å². The predicted octanol–water partition coefficient (Wildman–Crippen LogP) is 3.21. The van der Waals surface area contributed by atoms with E-state index in [1.807, 2.05) is 29.8 Å². The van der Waals surface area contributed by atoms with Gasteiger partial charge < -0.3 is 4.74 Å². The molecule has 0 aliphatic heterocycles. The van der Waals surface area contributed by atoms with Gasteiger partial charge in [0.2, 0.25) is 0 Å². The number of nitrogens with zero attached hydrogens (tertiary/aromatic N) is 3. The van der Waals surface area contributed by atoms with Crippen LogP contribution in [0.4, 0.5) is 0 Å². The summed E-state index contributed by atoms with van der Waals surface area (Å²) in [6.07, 6.45) is 3.66. The number of ether oxygens (including phenoxy) is 1. The second kappa shape index (κ2) is 7.19. The topological polar surface area (TPSA) is 38.9 Å². The van der Waals surface area contributed by atoms with E-state index in [0.29, 0.717) is 24.2 Å². The molecule has 0 radical (unpaired) electrons. The molecule has 2 aromatic heterocycles. The van der Waals surface area contributed by atoms with Crippen LogP contribution in [0.5, 0.6) is 5.88 Å². The molecule has 3 aromatic rings. The van der Waals surface area contributed by atoms with Gasteiger partial charge in [-0.25, -0.2) is 0 Å². The SMILES string of the molecule is CCOc1ccnc(-[n+]2cccc3cccc(C(S)CS)c32)n1. The standard InChI is InChI=1S/C17H17N3OS2/c1-2-21-15-8-9-18-17(19-15)20-10-4-6-12-5-3-7-13(16(12)20)14(23)11-22/h3-10,14H,2,11H2,1H3,(H-,22,23)/p+1. The fourth-order valence-corrected chi connectivity index (χ4v) is 2.92. The minimum Gasteiger partial charge on any atom is -0.466 e. The van der Waals surface area contributed by atoms with Crippen molar-refractivity contribution < 1.29 is 9.30 Å². The van der Waals surface area contributed by atoms with Crippen molar-refractivity contribution in [2.45, 2.75) is 12.2 Å². The molecular formula is C17H18N3OS2+. The van der Waals surface area contributed by atoms with Crippen molar-refractivity contribution in [1.29, 1.82) is 0 Å². The van der Waals surface area contributed by atoms with Crippen LogP contribution < -0.4 is 9.30 Å². The summed E-state index contributed by atoms with van der Waals surface area (Å²) >= 11 is 9.03. The molecule has 0 spiro atoms. The van der Waals surface area contributed by atoms with Gasteiger partial charge in [-0.05, 0) is 24.0 Å². The van der Waals surface area contributed by atoms with Crippen molar-refractivity contribution in [2.75, 3.05) is 12.4 Å². The third-order valence-electron chi connectivity index (χ3n) is 3.51. The maximum atomic E-state index is 5.49. The Morgan fingerprint density at radius 1 is 1.22 bits per heavy atom. The lowest BCUT2D eigenvalue weighted by Crippen LogP contribution is -2.34. The third kappa shape index (κ3) is 3.28. The van der Waals surface area contributed by atoms with E-state index in [1.165, 1.54) is 0 Å². The number of thiol groups is 2. The van der Waals surface area contributed by atoms with Gasteiger partial charge in [-0.15, -0.1) is 0 Å². The molecule has 6 heteroatoms. The molecule has 0 aliphatic rings. The summed E-state index contributed by atoms with van der Waals surface area (Å²) in [5.41, 5.74) is 2.14. The highest BCUT2D eigenvalue weighted by Gasteiger charge is 2.19. The van der Waals surface area contributed by atoms with E-state index in [-0.39, 0.29) is 5.25 Å². The van der Waals surface area contributed by atoms with E-state index >= 15 is 0 Å². The molecule has 118 valence electrons. The van der Waals surface area contributed by atoms with Gasteiger partial charge in [0, 0.05) is 22.0 Å². The van der Waals surface area contributed by atoms with E-state index in [9.17, 15) is 0 Å². The first-order valence-electron chi connectivity index (χ1n) is 7.43. The maximum Gasteiger partial charge on any atom is 0.441 e. The molecule has 0 N–H and O–H groups in total. The number of rotatable bonds is 5. The summed E-state index contributed by atoms with van der Waals surface area (Å²) in [5.74, 6) is 1.79. The summed E-state index contributed by atoms with van der Waals surface area (Å²) in [4.78, 5) is 8.89. The minimum absolute atomic E-state index is 0.0331. The van der Waals surface area contributed by atoms with E-state index in [1.54, 1.807) is 12.3 Å². The molecule has 0 saturated carbocycles. The molecule has 3 rings (SSSR count). The van der Waals surface area contributed by atoms with Crippen LogP contribution in [0.25, 0.3) is 16.9 Å². The molecule has 1 atom stereocenters. The van der Waals surface area contributed by atoms with E-state index < -0.39 is 0 Å². The van der Waals surface area contributed by atoms with Gasteiger partial charge in [-0.1, -0.05) is 23.2 Å². The number of hydrogen-bond acceptors (Lipinski definition) is 5. The zero-order chi connectivity index (χ0) is 16.2. The third-order valence-corrected chi connectivity index (χ3v) is 4.62. The molecular weight excluding hydrogens is 326 g/mol. The fourth-order valence-electron chi connectivity index (χ4n) is 2.51. The molecule has 23 heavy (non-hydrogen) atoms. The Kier molecular flexibility index (Phi) is 5.03. The molecule has 1 aromatic carbocycles. The Morgan fingerprint density at radius 2 is 2.04 bits per heavy atom. The highest BCUT2D eigenvalue weighted by atomic mass is 32.1. The number of hydrogen-bond donors (Lipinski definition) is 2. The van der Waals surface area contributed by atoms with Crippen molar-refractivity contribution in [3.8, 4) is 11.8 Å². The van der Waals surface area contributed by atoms with Crippen LogP contribution in [0.1, 0.15) is 17.7 Å². The van der Waals surface area contributed by atoms with Gasteiger partial charge in [0.05, 0.1) is 18.9 Å². The highest BCUT2D eigenvalue weighted by Crippen LogP contribution is 2.27. The Morgan fingerprint density at radius 3 is 2.83 bits per heavy atom. The maximum absolute atomic E-state index is 5.49. The summed E-state index contributed by atoms with van der Waals surface area (Å²) in [7, 11) is 0. The van der Waals surface area contributed by atoms with E-state index in [2.05, 4.69) is 53.4 Å². The molecule has 4 nitrogen and oxygen atoms in total. The lowest BCUT2D eigenvalue weighted by atomic mass is 10.1. The van der Waals surface area contributed by atoms with Gasteiger partial charge in [-0.2, -0.15) is 29.8 Å². The monoisotopic (exact) mass is 344 g/mol. The summed E-state index contributed by atoms with van der Waals surface area (Å²) < 4.78 is 7.46. The molecule has 0 bridgehead atoms. The van der Waals surface area contributed by atoms with Crippen LogP contribution in [-0.2, 0) is 0 Å². The first-order valence-corrected chi connectivity index (χ1v) is 8.58. The van der Waals surface area contributed by atoms with Crippen LogP contribution in [0.3, 0.4) is 0 Å². The van der Waals surface area contributed by atoms with Gasteiger partial charge >= 0.3 is 5.95 Å². The molecule has 0 fully saturated rings. The van der Waals surface area contributed by atoms with Crippen LogP contribution in [-0.4, -0.2) is 22.3 Å². The minimum atomic E-state index is 0.0331. The lowest BCUT2D eigenvalue weighted by Gasteiger charge is -2.12. The number of para-hydroxylation sites is 1. The molecule has 0 amide bonds. The number of benzene rings is 1. The van der Waals surface area contributed by atoms with Gasteiger partial charge in [0.15, 0.2) is 0 Å². The smallest absolute Gasteiger partial charge is 0.441 e.